The monoisotopic (exact) mass is 229 g/mol. The topological polar surface area (TPSA) is 46.2 Å². The van der Waals surface area contributed by atoms with E-state index in [1.807, 2.05) is 30.3 Å². The van der Waals surface area contributed by atoms with Gasteiger partial charge in [-0.2, -0.15) is 0 Å². The molecule has 0 aromatic heterocycles. The second-order valence-corrected chi connectivity index (χ2v) is 4.27. The Hall–Kier alpha value is -1.90. The minimum atomic E-state index is -0.181. The molecular formula is C14H15NO2. The highest BCUT2D eigenvalue weighted by molar-refractivity contribution is 5.98. The molecule has 1 fully saturated rings. The van der Waals surface area contributed by atoms with Gasteiger partial charge in [0.15, 0.2) is 0 Å². The first kappa shape index (κ1) is 11.6. The molecule has 1 heterocycles. The van der Waals surface area contributed by atoms with E-state index in [1.165, 1.54) is 0 Å². The number of carbonyl (C=O) groups excluding carboxylic acids is 2. The zero-order chi connectivity index (χ0) is 12.3. The van der Waals surface area contributed by atoms with Gasteiger partial charge in [-0.3, -0.25) is 14.9 Å². The summed E-state index contributed by atoms with van der Waals surface area (Å²) in [6.45, 7) is 3.73. The van der Waals surface area contributed by atoms with E-state index in [2.05, 4.69) is 11.9 Å². The Morgan fingerprint density at radius 2 is 1.88 bits per heavy atom. The average Bonchev–Trinajstić information content (AvgIpc) is 2.29. The van der Waals surface area contributed by atoms with Crippen LogP contribution in [-0.4, -0.2) is 11.8 Å². The van der Waals surface area contributed by atoms with Gasteiger partial charge in [-0.05, 0) is 17.5 Å². The third-order valence-corrected chi connectivity index (χ3v) is 3.00. The Balaban J connectivity index is 2.29. The number of hydrogen-bond acceptors (Lipinski definition) is 2. The summed E-state index contributed by atoms with van der Waals surface area (Å²) in [7, 11) is 0. The lowest BCUT2D eigenvalue weighted by Gasteiger charge is -2.23. The van der Waals surface area contributed by atoms with Gasteiger partial charge in [-0.25, -0.2) is 0 Å². The van der Waals surface area contributed by atoms with Crippen LogP contribution in [0.15, 0.2) is 36.9 Å². The molecule has 1 saturated heterocycles. The fourth-order valence-electron chi connectivity index (χ4n) is 2.27. The maximum atomic E-state index is 11.4. The second-order valence-electron chi connectivity index (χ2n) is 4.27. The predicted molar refractivity (Wildman–Crippen MR) is 65.5 cm³/mol. The molecule has 0 spiro atoms. The Morgan fingerprint density at radius 1 is 1.24 bits per heavy atom. The molecule has 1 N–H and O–H groups in total. The van der Waals surface area contributed by atoms with Crippen molar-refractivity contribution in [2.24, 2.45) is 0 Å². The lowest BCUT2D eigenvalue weighted by molar-refractivity contribution is -0.133. The van der Waals surface area contributed by atoms with Crippen molar-refractivity contribution in [3.05, 3.63) is 48.0 Å². The van der Waals surface area contributed by atoms with Gasteiger partial charge in [0, 0.05) is 18.8 Å². The normalized spacial score (nSPS) is 16.7. The molecule has 1 aromatic rings. The predicted octanol–water partition coefficient (Wildman–Crippen LogP) is 1.94. The largest absolute Gasteiger partial charge is 0.296 e. The smallest absolute Gasteiger partial charge is 0.227 e. The van der Waals surface area contributed by atoms with Crippen LogP contribution in [0.25, 0.3) is 0 Å². The molecule has 88 valence electrons. The first-order valence-corrected chi connectivity index (χ1v) is 5.72. The van der Waals surface area contributed by atoms with Crippen molar-refractivity contribution in [2.75, 3.05) is 0 Å². The molecule has 3 heteroatoms. The Morgan fingerprint density at radius 3 is 2.53 bits per heavy atom. The van der Waals surface area contributed by atoms with Gasteiger partial charge in [-0.1, -0.05) is 30.3 Å². The van der Waals surface area contributed by atoms with Crippen molar-refractivity contribution < 1.29 is 9.59 Å². The van der Waals surface area contributed by atoms with Crippen molar-refractivity contribution in [3.8, 4) is 0 Å². The molecule has 1 aromatic carbocycles. The van der Waals surface area contributed by atoms with Crippen LogP contribution < -0.4 is 5.32 Å². The lowest BCUT2D eigenvalue weighted by Crippen LogP contribution is -2.37. The highest BCUT2D eigenvalue weighted by Crippen LogP contribution is 2.29. The number of hydrogen-bond donors (Lipinski definition) is 1. The van der Waals surface area contributed by atoms with Gasteiger partial charge >= 0.3 is 0 Å². The number of piperidine rings is 1. The maximum absolute atomic E-state index is 11.4. The molecule has 17 heavy (non-hydrogen) atoms. The van der Waals surface area contributed by atoms with Gasteiger partial charge in [0.2, 0.25) is 11.8 Å². The summed E-state index contributed by atoms with van der Waals surface area (Å²) in [6, 6.07) is 7.93. The SMILES string of the molecule is C=CCc1ccccc1C1CC(=O)NC(=O)C1. The van der Waals surface area contributed by atoms with Crippen molar-refractivity contribution in [2.45, 2.75) is 25.2 Å². The van der Waals surface area contributed by atoms with E-state index in [0.29, 0.717) is 12.8 Å². The van der Waals surface area contributed by atoms with E-state index in [1.54, 1.807) is 0 Å². The summed E-state index contributed by atoms with van der Waals surface area (Å²) in [5.74, 6) is -0.355. The highest BCUT2D eigenvalue weighted by atomic mass is 16.2. The summed E-state index contributed by atoms with van der Waals surface area (Å²) in [4.78, 5) is 22.7. The molecule has 0 aliphatic carbocycles. The van der Waals surface area contributed by atoms with Gasteiger partial charge < -0.3 is 0 Å². The summed E-state index contributed by atoms with van der Waals surface area (Å²) in [5, 5.41) is 2.33. The van der Waals surface area contributed by atoms with Crippen molar-refractivity contribution in [3.63, 3.8) is 0 Å². The molecule has 1 aliphatic rings. The van der Waals surface area contributed by atoms with E-state index in [9.17, 15) is 9.59 Å². The number of allylic oxidation sites excluding steroid dienone is 1. The summed E-state index contributed by atoms with van der Waals surface area (Å²) in [6.07, 6.45) is 3.38. The molecule has 2 amide bonds. The van der Waals surface area contributed by atoms with Crippen LogP contribution in [0, 0.1) is 0 Å². The number of imide groups is 1. The summed E-state index contributed by atoms with van der Waals surface area (Å²) >= 11 is 0. The number of benzene rings is 1. The first-order chi connectivity index (χ1) is 8.20. The highest BCUT2D eigenvalue weighted by Gasteiger charge is 2.27. The molecule has 0 atom stereocenters. The molecule has 0 saturated carbocycles. The zero-order valence-corrected chi connectivity index (χ0v) is 9.61. The Kier molecular flexibility index (Phi) is 3.38. The van der Waals surface area contributed by atoms with Crippen molar-refractivity contribution in [1.29, 1.82) is 0 Å². The van der Waals surface area contributed by atoms with E-state index in [0.717, 1.165) is 17.5 Å². The average molecular weight is 229 g/mol. The van der Waals surface area contributed by atoms with E-state index < -0.39 is 0 Å². The molecule has 0 unspecified atom stereocenters. The van der Waals surface area contributed by atoms with Crippen LogP contribution in [-0.2, 0) is 16.0 Å². The summed E-state index contributed by atoms with van der Waals surface area (Å²) in [5.41, 5.74) is 2.24. The molecule has 0 bridgehead atoms. The Bertz CT molecular complexity index is 449. The number of rotatable bonds is 3. The van der Waals surface area contributed by atoms with Crippen molar-refractivity contribution >= 4 is 11.8 Å². The van der Waals surface area contributed by atoms with Gasteiger partial charge in [0.25, 0.3) is 0 Å². The third-order valence-electron chi connectivity index (χ3n) is 3.00. The van der Waals surface area contributed by atoms with Crippen LogP contribution in [0.3, 0.4) is 0 Å². The van der Waals surface area contributed by atoms with E-state index in [4.69, 9.17) is 0 Å². The fraction of sp³-hybridized carbons (Fsp3) is 0.286. The maximum Gasteiger partial charge on any atom is 0.227 e. The lowest BCUT2D eigenvalue weighted by atomic mass is 9.85. The third kappa shape index (κ3) is 2.61. The number of nitrogens with one attached hydrogen (secondary N) is 1. The van der Waals surface area contributed by atoms with Gasteiger partial charge in [0.1, 0.15) is 0 Å². The van der Waals surface area contributed by atoms with Crippen LogP contribution in [0.1, 0.15) is 29.9 Å². The van der Waals surface area contributed by atoms with E-state index in [-0.39, 0.29) is 17.7 Å². The summed E-state index contributed by atoms with van der Waals surface area (Å²) < 4.78 is 0. The number of carbonyl (C=O) groups is 2. The fourth-order valence-corrected chi connectivity index (χ4v) is 2.27. The molecule has 0 radical (unpaired) electrons. The minimum absolute atomic E-state index is 0.00685. The van der Waals surface area contributed by atoms with Crippen LogP contribution >= 0.6 is 0 Å². The zero-order valence-electron chi connectivity index (χ0n) is 9.61. The molecule has 2 rings (SSSR count). The second kappa shape index (κ2) is 4.95. The van der Waals surface area contributed by atoms with Crippen LogP contribution in [0.5, 0.6) is 0 Å². The first-order valence-electron chi connectivity index (χ1n) is 5.72. The van der Waals surface area contributed by atoms with Crippen LogP contribution in [0.2, 0.25) is 0 Å². The molecular weight excluding hydrogens is 214 g/mol. The quantitative estimate of drug-likeness (QED) is 0.636. The number of amides is 2. The molecule has 1 aliphatic heterocycles. The van der Waals surface area contributed by atoms with Gasteiger partial charge in [0.05, 0.1) is 0 Å². The molecule has 3 nitrogen and oxygen atoms in total. The minimum Gasteiger partial charge on any atom is -0.296 e. The van der Waals surface area contributed by atoms with Crippen LogP contribution in [0.4, 0.5) is 0 Å². The van der Waals surface area contributed by atoms with Crippen molar-refractivity contribution in [1.82, 2.24) is 5.32 Å². The standard InChI is InChI=1S/C14H15NO2/c1-2-5-10-6-3-4-7-12(10)11-8-13(16)15-14(17)9-11/h2-4,6-7,11H,1,5,8-9H2,(H,15,16,17). The Labute approximate surface area is 101 Å². The van der Waals surface area contributed by atoms with Gasteiger partial charge in [-0.15, -0.1) is 6.58 Å². The van der Waals surface area contributed by atoms with E-state index >= 15 is 0 Å².